The summed E-state index contributed by atoms with van der Waals surface area (Å²) in [6.45, 7) is 4.67. The molecule has 0 bridgehead atoms. The van der Waals surface area contributed by atoms with E-state index in [0.29, 0.717) is 17.4 Å². The van der Waals surface area contributed by atoms with E-state index in [1.807, 2.05) is 21.1 Å². The predicted molar refractivity (Wildman–Crippen MR) is 382 cm³/mol. The van der Waals surface area contributed by atoms with Crippen LogP contribution in [0.1, 0.15) is 296 Å². The van der Waals surface area contributed by atoms with Crippen LogP contribution < -0.4 is 0 Å². The maximum absolute atomic E-state index is 13.0. The fraction of sp³-hybridized carbons (Fsp3) is 0.688. The standard InChI is InChI=1S/C80H135NO8/c1-6-8-10-12-14-16-18-20-22-24-26-28-30-32-34-36-37-38-39-40-41-43-45-47-49-51-53-55-57-59-61-63-65-67-69-71-78(83)89-76(75-88-80(79(84)85)86-73-72-81(3,4)5)74-87-77(82)70-68-66-64-62-60-58-56-54-52-50-48-46-44-42-35-33-31-29-27-25-23-21-19-17-15-13-11-9-7-2/h8-11,14-17,20-23,26-29,32-35,37-38,76,80H,6-7,12-13,18-19,24-25,30-31,36,39-75H2,1-5H3/p+1/b10-8-,11-9-,16-14-,17-15-,22-20-,23-21-,28-26-,29-27-,34-32-,35-33-,38-37-. The topological polar surface area (TPSA) is 108 Å². The zero-order valence-corrected chi connectivity index (χ0v) is 58.0. The minimum absolute atomic E-state index is 0.183. The third kappa shape index (κ3) is 70.7. The Bertz CT molecular complexity index is 1930. The van der Waals surface area contributed by atoms with Crippen LogP contribution in [0.15, 0.2) is 134 Å². The van der Waals surface area contributed by atoms with Gasteiger partial charge in [-0.15, -0.1) is 0 Å². The Morgan fingerprint density at radius 3 is 0.899 bits per heavy atom. The molecule has 0 spiro atoms. The van der Waals surface area contributed by atoms with Gasteiger partial charge in [0.15, 0.2) is 6.10 Å². The molecule has 0 rings (SSSR count). The SMILES string of the molecule is CC/C=C\C/C=C\C/C=C\C/C=C\C/C=C\C/C=C\CCCCCCCCCCCCCCCCCCC(=O)OC(COC(=O)CCCCCCCCCCCCCCC/C=C\C/C=C\C/C=C\C/C=C\C/C=C\CC)COC(OCC[N+](C)(C)C)C(=O)O. The Hall–Kier alpha value is -4.57. The van der Waals surface area contributed by atoms with Crippen molar-refractivity contribution < 1.29 is 42.9 Å². The normalized spacial score (nSPS) is 13.5. The smallest absolute Gasteiger partial charge is 0.361 e. The van der Waals surface area contributed by atoms with Gasteiger partial charge in [-0.1, -0.05) is 308 Å². The average Bonchev–Trinajstić information content (AvgIpc) is 3.64. The molecule has 0 aromatic heterocycles. The number of carboxylic acids is 1. The van der Waals surface area contributed by atoms with Crippen LogP contribution in [0.3, 0.4) is 0 Å². The van der Waals surface area contributed by atoms with Crippen molar-refractivity contribution in [3.05, 3.63) is 134 Å². The van der Waals surface area contributed by atoms with Crippen LogP contribution in [0.25, 0.3) is 0 Å². The Morgan fingerprint density at radius 2 is 0.607 bits per heavy atom. The maximum atomic E-state index is 13.0. The van der Waals surface area contributed by atoms with E-state index in [4.69, 9.17) is 18.9 Å². The molecule has 0 aromatic rings. The molecule has 1 N–H and O–H groups in total. The Morgan fingerprint density at radius 1 is 0.337 bits per heavy atom. The fourth-order valence-corrected chi connectivity index (χ4v) is 9.93. The number of allylic oxidation sites excluding steroid dienone is 22. The summed E-state index contributed by atoms with van der Waals surface area (Å²) >= 11 is 0. The van der Waals surface area contributed by atoms with Crippen LogP contribution in [-0.2, 0) is 33.3 Å². The molecule has 0 aromatic carbocycles. The van der Waals surface area contributed by atoms with E-state index in [1.165, 1.54) is 161 Å². The summed E-state index contributed by atoms with van der Waals surface area (Å²) in [5.74, 6) is -2.00. The van der Waals surface area contributed by atoms with Gasteiger partial charge in [-0.25, -0.2) is 4.79 Å². The zero-order valence-electron chi connectivity index (χ0n) is 58.0. The lowest BCUT2D eigenvalue weighted by Gasteiger charge is -2.25. The summed E-state index contributed by atoms with van der Waals surface area (Å²) < 4.78 is 23.0. The molecule has 0 aliphatic carbocycles. The molecule has 9 nitrogen and oxygen atoms in total. The lowest BCUT2D eigenvalue weighted by molar-refractivity contribution is -0.870. The first kappa shape index (κ1) is 84.4. The number of carbonyl (C=O) groups is 3. The van der Waals surface area contributed by atoms with Crippen molar-refractivity contribution in [3.63, 3.8) is 0 Å². The number of nitrogens with zero attached hydrogens (tertiary/aromatic N) is 1. The molecule has 89 heavy (non-hydrogen) atoms. The number of ether oxygens (including phenoxy) is 4. The van der Waals surface area contributed by atoms with Gasteiger partial charge in [-0.3, -0.25) is 9.59 Å². The lowest BCUT2D eigenvalue weighted by Crippen LogP contribution is -2.40. The number of aliphatic carboxylic acids is 1. The second kappa shape index (κ2) is 69.3. The monoisotopic (exact) mass is 1240 g/mol. The summed E-state index contributed by atoms with van der Waals surface area (Å²) in [5, 5.41) is 9.76. The molecule has 0 saturated heterocycles. The van der Waals surface area contributed by atoms with Crippen molar-refractivity contribution in [2.45, 2.75) is 309 Å². The van der Waals surface area contributed by atoms with Crippen LogP contribution in [-0.4, -0.2) is 87.4 Å². The third-order valence-corrected chi connectivity index (χ3v) is 15.4. The first-order valence-corrected chi connectivity index (χ1v) is 36.3. The number of carboxylic acid groups (broad SMARTS) is 1. The lowest BCUT2D eigenvalue weighted by atomic mass is 10.0. The Balaban J connectivity index is 4.10. The van der Waals surface area contributed by atoms with Crippen LogP contribution in [0, 0.1) is 0 Å². The number of hydrogen-bond donors (Lipinski definition) is 1. The molecule has 0 aliphatic rings. The minimum Gasteiger partial charge on any atom is -0.477 e. The molecule has 0 heterocycles. The molecule has 9 heteroatoms. The molecular weight excluding hydrogens is 1100 g/mol. The fourth-order valence-electron chi connectivity index (χ4n) is 9.93. The summed E-state index contributed by atoms with van der Waals surface area (Å²) in [4.78, 5) is 37.7. The molecular formula is C80H136NO8+. The van der Waals surface area contributed by atoms with Crippen molar-refractivity contribution in [1.82, 2.24) is 0 Å². The van der Waals surface area contributed by atoms with Gasteiger partial charge in [-0.2, -0.15) is 0 Å². The van der Waals surface area contributed by atoms with Crippen LogP contribution >= 0.6 is 0 Å². The molecule has 2 atom stereocenters. The van der Waals surface area contributed by atoms with E-state index in [1.54, 1.807) is 0 Å². The molecule has 0 radical (unpaired) electrons. The first-order chi connectivity index (χ1) is 43.6. The highest BCUT2D eigenvalue weighted by molar-refractivity contribution is 5.71. The van der Waals surface area contributed by atoms with E-state index >= 15 is 0 Å². The van der Waals surface area contributed by atoms with Gasteiger partial charge in [0.1, 0.15) is 13.2 Å². The highest BCUT2D eigenvalue weighted by Crippen LogP contribution is 2.17. The largest absolute Gasteiger partial charge is 0.477 e. The summed E-state index contributed by atoms with van der Waals surface area (Å²) in [6, 6.07) is 0. The van der Waals surface area contributed by atoms with Crippen molar-refractivity contribution >= 4 is 17.9 Å². The summed E-state index contributed by atoms with van der Waals surface area (Å²) in [6.07, 6.45) is 97.1. The molecule has 2 unspecified atom stereocenters. The Labute approximate surface area is 548 Å². The number of esters is 2. The van der Waals surface area contributed by atoms with Crippen molar-refractivity contribution in [2.24, 2.45) is 0 Å². The van der Waals surface area contributed by atoms with E-state index in [0.717, 1.165) is 109 Å². The molecule has 0 amide bonds. The number of quaternary nitrogens is 1. The summed E-state index contributed by atoms with van der Waals surface area (Å²) in [5.41, 5.74) is 0. The van der Waals surface area contributed by atoms with Crippen LogP contribution in [0.4, 0.5) is 0 Å². The van der Waals surface area contributed by atoms with Gasteiger partial charge in [0.25, 0.3) is 6.29 Å². The second-order valence-corrected chi connectivity index (χ2v) is 25.1. The van der Waals surface area contributed by atoms with Gasteiger partial charge in [0.05, 0.1) is 34.4 Å². The van der Waals surface area contributed by atoms with Gasteiger partial charge in [0, 0.05) is 12.8 Å². The average molecular weight is 1240 g/mol. The van der Waals surface area contributed by atoms with Gasteiger partial charge >= 0.3 is 17.9 Å². The van der Waals surface area contributed by atoms with Crippen LogP contribution in [0.2, 0.25) is 0 Å². The van der Waals surface area contributed by atoms with Gasteiger partial charge in [0.2, 0.25) is 0 Å². The minimum atomic E-state index is -1.52. The quantitative estimate of drug-likeness (QED) is 0.0211. The maximum Gasteiger partial charge on any atom is 0.361 e. The molecule has 0 aliphatic heterocycles. The number of rotatable bonds is 66. The highest BCUT2D eigenvalue weighted by Gasteiger charge is 2.25. The number of carbonyl (C=O) groups excluding carboxylic acids is 2. The second-order valence-electron chi connectivity index (χ2n) is 25.1. The van der Waals surface area contributed by atoms with E-state index in [9.17, 15) is 19.5 Å². The van der Waals surface area contributed by atoms with Crippen LogP contribution in [0.5, 0.6) is 0 Å². The third-order valence-electron chi connectivity index (χ3n) is 15.4. The highest BCUT2D eigenvalue weighted by atomic mass is 16.7. The van der Waals surface area contributed by atoms with Crippen molar-refractivity contribution in [3.8, 4) is 0 Å². The summed E-state index contributed by atoms with van der Waals surface area (Å²) in [7, 11) is 5.98. The number of hydrogen-bond acceptors (Lipinski definition) is 7. The van der Waals surface area contributed by atoms with E-state index < -0.39 is 24.3 Å². The number of unbranched alkanes of at least 4 members (excludes halogenated alkanes) is 29. The number of likely N-dealkylation sites (N-methyl/N-ethyl adjacent to an activating group) is 1. The van der Waals surface area contributed by atoms with E-state index in [2.05, 4.69) is 148 Å². The zero-order chi connectivity index (χ0) is 64.7. The van der Waals surface area contributed by atoms with Crippen molar-refractivity contribution in [1.29, 1.82) is 0 Å². The van der Waals surface area contributed by atoms with Gasteiger partial charge in [-0.05, 0) is 109 Å². The first-order valence-electron chi connectivity index (χ1n) is 36.3. The van der Waals surface area contributed by atoms with Crippen molar-refractivity contribution in [2.75, 3.05) is 47.5 Å². The molecule has 0 fully saturated rings. The molecule has 0 saturated carbocycles. The predicted octanol–water partition coefficient (Wildman–Crippen LogP) is 22.9. The molecule has 508 valence electrons. The van der Waals surface area contributed by atoms with Gasteiger partial charge < -0.3 is 28.5 Å². The Kier molecular flexibility index (Phi) is 65.8. The van der Waals surface area contributed by atoms with E-state index in [-0.39, 0.29) is 32.2 Å².